The Hall–Kier alpha value is -4.95. The van der Waals surface area contributed by atoms with Crippen molar-refractivity contribution in [3.05, 3.63) is 109 Å². The van der Waals surface area contributed by atoms with Crippen molar-refractivity contribution in [1.82, 2.24) is 15.2 Å². The molecule has 0 radical (unpaired) electrons. The number of rotatable bonds is 5. The molecule has 0 bridgehead atoms. The molecule has 0 aliphatic heterocycles. The zero-order chi connectivity index (χ0) is 25.4. The lowest BCUT2D eigenvalue weighted by Gasteiger charge is -2.15. The van der Waals surface area contributed by atoms with Gasteiger partial charge in [-0.25, -0.2) is 0 Å². The molecule has 5 nitrogen and oxygen atoms in total. The molecule has 0 fully saturated rings. The summed E-state index contributed by atoms with van der Waals surface area (Å²) in [4.78, 5) is 4.66. The van der Waals surface area contributed by atoms with Crippen LogP contribution in [0.2, 0.25) is 0 Å². The SMILES string of the molecule is CC(C)(C#N)c1ccc(-c2n[nH]c3cnc4ccc(-c5cccc(Nc6ccccc6)c5)cc4c23)cc1. The first-order valence-electron chi connectivity index (χ1n) is 12.2. The predicted molar refractivity (Wildman–Crippen MR) is 151 cm³/mol. The standard InChI is InChI=1S/C32H25N5/c1-32(2,20-33)24-14-11-21(12-15-24)31-30-27-18-23(13-16-28(27)34-19-29(30)36-37-31)22-7-6-10-26(17-22)35-25-8-4-3-5-9-25/h3-19,35H,1-2H3,(H,36,37). The van der Waals surface area contributed by atoms with Gasteiger partial charge in [-0.1, -0.05) is 60.7 Å². The zero-order valence-corrected chi connectivity index (χ0v) is 20.7. The summed E-state index contributed by atoms with van der Waals surface area (Å²) in [7, 11) is 0. The summed E-state index contributed by atoms with van der Waals surface area (Å²) in [6.45, 7) is 3.86. The number of nitriles is 1. The Balaban J connectivity index is 1.43. The maximum Gasteiger partial charge on any atom is 0.101 e. The van der Waals surface area contributed by atoms with E-state index in [0.717, 1.165) is 61.1 Å². The molecule has 2 aromatic heterocycles. The molecule has 0 aliphatic rings. The lowest BCUT2D eigenvalue weighted by molar-refractivity contribution is 0.687. The van der Waals surface area contributed by atoms with E-state index in [-0.39, 0.29) is 0 Å². The minimum Gasteiger partial charge on any atom is -0.356 e. The van der Waals surface area contributed by atoms with Crippen LogP contribution in [0.3, 0.4) is 0 Å². The summed E-state index contributed by atoms with van der Waals surface area (Å²) >= 11 is 0. The first-order chi connectivity index (χ1) is 18.0. The van der Waals surface area contributed by atoms with Crippen LogP contribution in [0.1, 0.15) is 19.4 Å². The Morgan fingerprint density at radius 2 is 1.51 bits per heavy atom. The Morgan fingerprint density at radius 1 is 0.784 bits per heavy atom. The number of fused-ring (bicyclic) bond motifs is 3. The molecule has 0 atom stereocenters. The molecular weight excluding hydrogens is 454 g/mol. The number of nitrogens with one attached hydrogen (secondary N) is 2. The monoisotopic (exact) mass is 479 g/mol. The number of aromatic nitrogens is 3. The van der Waals surface area contributed by atoms with Crippen LogP contribution in [0.4, 0.5) is 11.4 Å². The fourth-order valence-corrected chi connectivity index (χ4v) is 4.67. The van der Waals surface area contributed by atoms with Crippen LogP contribution in [-0.4, -0.2) is 15.2 Å². The Bertz CT molecular complexity index is 1770. The van der Waals surface area contributed by atoms with Gasteiger partial charge >= 0.3 is 0 Å². The third kappa shape index (κ3) is 4.19. The number of H-pyrrole nitrogens is 1. The second-order valence-electron chi connectivity index (χ2n) is 9.74. The average Bonchev–Trinajstić information content (AvgIpc) is 3.38. The van der Waals surface area contributed by atoms with Crippen molar-refractivity contribution in [3.8, 4) is 28.5 Å². The minimum atomic E-state index is -0.540. The first kappa shape index (κ1) is 22.5. The highest BCUT2D eigenvalue weighted by Gasteiger charge is 2.20. The molecule has 0 saturated heterocycles. The summed E-state index contributed by atoms with van der Waals surface area (Å²) in [5, 5.41) is 22.9. The molecule has 6 rings (SSSR count). The van der Waals surface area contributed by atoms with Crippen LogP contribution in [0.15, 0.2) is 103 Å². The maximum atomic E-state index is 9.49. The number of aromatic amines is 1. The number of para-hydroxylation sites is 1. The second kappa shape index (κ2) is 8.92. The quantitative estimate of drug-likeness (QED) is 0.263. The maximum absolute atomic E-state index is 9.49. The summed E-state index contributed by atoms with van der Waals surface area (Å²) < 4.78 is 0. The van der Waals surface area contributed by atoms with Crippen LogP contribution in [-0.2, 0) is 5.41 Å². The third-order valence-corrected chi connectivity index (χ3v) is 6.81. The van der Waals surface area contributed by atoms with Gasteiger partial charge in [0.15, 0.2) is 0 Å². The van der Waals surface area contributed by atoms with Gasteiger partial charge in [-0.2, -0.15) is 10.4 Å². The number of pyridine rings is 1. The minimum absolute atomic E-state index is 0.540. The number of nitrogens with zero attached hydrogens (tertiary/aromatic N) is 3. The van der Waals surface area contributed by atoms with E-state index < -0.39 is 5.41 Å². The van der Waals surface area contributed by atoms with E-state index in [1.807, 2.05) is 62.5 Å². The van der Waals surface area contributed by atoms with Gasteiger partial charge in [-0.3, -0.25) is 10.1 Å². The highest BCUT2D eigenvalue weighted by molar-refractivity contribution is 6.11. The molecule has 6 aromatic rings. The number of anilines is 2. The lowest BCUT2D eigenvalue weighted by atomic mass is 9.86. The van der Waals surface area contributed by atoms with Gasteiger partial charge in [0.05, 0.1) is 28.7 Å². The normalized spacial score (nSPS) is 11.5. The molecule has 2 N–H and O–H groups in total. The highest BCUT2D eigenvalue weighted by Crippen LogP contribution is 2.35. The van der Waals surface area contributed by atoms with Crippen LogP contribution < -0.4 is 5.32 Å². The Morgan fingerprint density at radius 3 is 2.30 bits per heavy atom. The van der Waals surface area contributed by atoms with Gasteiger partial charge < -0.3 is 5.32 Å². The summed E-state index contributed by atoms with van der Waals surface area (Å²) in [6, 6.07) is 35.4. The summed E-state index contributed by atoms with van der Waals surface area (Å²) in [5.74, 6) is 0. The summed E-state index contributed by atoms with van der Waals surface area (Å²) in [5.41, 5.74) is 8.43. The molecule has 5 heteroatoms. The van der Waals surface area contributed by atoms with Crippen molar-refractivity contribution in [2.75, 3.05) is 5.32 Å². The highest BCUT2D eigenvalue weighted by atomic mass is 15.1. The number of hydrogen-bond acceptors (Lipinski definition) is 4. The van der Waals surface area contributed by atoms with E-state index in [0.29, 0.717) is 0 Å². The fraction of sp³-hybridized carbons (Fsp3) is 0.0938. The van der Waals surface area contributed by atoms with Gasteiger partial charge in [0.2, 0.25) is 0 Å². The van der Waals surface area contributed by atoms with E-state index in [9.17, 15) is 5.26 Å². The second-order valence-corrected chi connectivity index (χ2v) is 9.74. The van der Waals surface area contributed by atoms with Gasteiger partial charge in [0.1, 0.15) is 5.69 Å². The molecule has 37 heavy (non-hydrogen) atoms. The fourth-order valence-electron chi connectivity index (χ4n) is 4.67. The zero-order valence-electron chi connectivity index (χ0n) is 20.7. The largest absolute Gasteiger partial charge is 0.356 e. The lowest BCUT2D eigenvalue weighted by Crippen LogP contribution is -2.13. The Kier molecular flexibility index (Phi) is 5.43. The van der Waals surface area contributed by atoms with Crippen molar-refractivity contribution in [2.45, 2.75) is 19.3 Å². The van der Waals surface area contributed by atoms with Crippen LogP contribution in [0.25, 0.3) is 44.2 Å². The molecule has 0 saturated carbocycles. The van der Waals surface area contributed by atoms with Crippen molar-refractivity contribution in [2.24, 2.45) is 0 Å². The van der Waals surface area contributed by atoms with Gasteiger partial charge in [0.25, 0.3) is 0 Å². The smallest absolute Gasteiger partial charge is 0.101 e. The number of benzene rings is 4. The van der Waals surface area contributed by atoms with Crippen molar-refractivity contribution in [3.63, 3.8) is 0 Å². The van der Waals surface area contributed by atoms with E-state index >= 15 is 0 Å². The van der Waals surface area contributed by atoms with E-state index in [2.05, 4.69) is 81.2 Å². The van der Waals surface area contributed by atoms with E-state index in [4.69, 9.17) is 0 Å². The molecule has 0 unspecified atom stereocenters. The first-order valence-corrected chi connectivity index (χ1v) is 12.2. The topological polar surface area (TPSA) is 77.4 Å². The average molecular weight is 480 g/mol. The van der Waals surface area contributed by atoms with Crippen molar-refractivity contribution >= 4 is 33.2 Å². The molecule has 0 aliphatic carbocycles. The molecule has 0 amide bonds. The van der Waals surface area contributed by atoms with Gasteiger partial charge in [0, 0.05) is 27.7 Å². The Labute approximate surface area is 215 Å². The molecule has 2 heterocycles. The van der Waals surface area contributed by atoms with Crippen LogP contribution >= 0.6 is 0 Å². The van der Waals surface area contributed by atoms with E-state index in [1.165, 1.54) is 0 Å². The summed E-state index contributed by atoms with van der Waals surface area (Å²) in [6.07, 6.45) is 1.84. The predicted octanol–water partition coefficient (Wildman–Crippen LogP) is 7.99. The van der Waals surface area contributed by atoms with Crippen molar-refractivity contribution in [1.29, 1.82) is 5.26 Å². The van der Waals surface area contributed by atoms with Crippen LogP contribution in [0, 0.1) is 11.3 Å². The van der Waals surface area contributed by atoms with Gasteiger partial charge in [-0.05, 0) is 66.9 Å². The molecule has 178 valence electrons. The third-order valence-electron chi connectivity index (χ3n) is 6.81. The molecular formula is C32H25N5. The molecule has 0 spiro atoms. The van der Waals surface area contributed by atoms with Crippen molar-refractivity contribution < 1.29 is 0 Å². The molecule has 4 aromatic carbocycles. The van der Waals surface area contributed by atoms with Crippen LogP contribution in [0.5, 0.6) is 0 Å². The number of hydrogen-bond donors (Lipinski definition) is 2. The van der Waals surface area contributed by atoms with E-state index in [1.54, 1.807) is 0 Å². The van der Waals surface area contributed by atoms with Gasteiger partial charge in [-0.15, -0.1) is 0 Å².